The number of halogens is 1. The van der Waals surface area contributed by atoms with Gasteiger partial charge < -0.3 is 10.8 Å². The molecular formula is C8H9BrN2O2. The number of nitrogens with zero attached hydrogens (tertiary/aromatic N) is 1. The summed E-state index contributed by atoms with van der Waals surface area (Å²) >= 11 is 3.24. The number of aliphatic carboxylic acids is 1. The zero-order valence-corrected chi connectivity index (χ0v) is 8.36. The van der Waals surface area contributed by atoms with E-state index in [4.69, 9.17) is 10.8 Å². The second-order valence-electron chi connectivity index (χ2n) is 2.66. The van der Waals surface area contributed by atoms with Crippen LogP contribution >= 0.6 is 15.9 Å². The lowest BCUT2D eigenvalue weighted by atomic mass is 10.1. The molecule has 1 heterocycles. The highest BCUT2D eigenvalue weighted by atomic mass is 79.9. The maximum Gasteiger partial charge on any atom is 0.320 e. The average molecular weight is 245 g/mol. The van der Waals surface area contributed by atoms with E-state index in [0.717, 1.165) is 10.0 Å². The largest absolute Gasteiger partial charge is 0.480 e. The Hall–Kier alpha value is -0.940. The molecule has 1 atom stereocenters. The maximum atomic E-state index is 10.4. The highest BCUT2D eigenvalue weighted by molar-refractivity contribution is 9.10. The zero-order chi connectivity index (χ0) is 9.84. The van der Waals surface area contributed by atoms with Gasteiger partial charge in [0, 0.05) is 16.9 Å². The Morgan fingerprint density at radius 3 is 2.92 bits per heavy atom. The summed E-state index contributed by atoms with van der Waals surface area (Å²) in [6.07, 6.45) is 3.53. The maximum absolute atomic E-state index is 10.4. The number of carboxylic acids is 1. The van der Waals surface area contributed by atoms with E-state index in [2.05, 4.69) is 20.9 Å². The lowest BCUT2D eigenvalue weighted by molar-refractivity contribution is -0.138. The molecule has 0 saturated carbocycles. The number of rotatable bonds is 3. The van der Waals surface area contributed by atoms with Crippen LogP contribution in [0.15, 0.2) is 22.9 Å². The molecule has 0 bridgehead atoms. The standard InChI is InChI=1S/C8H9BrN2O2/c9-6-1-5(3-11-4-6)2-7(10)8(12)13/h1,3-4,7H,2,10H2,(H,12,13). The molecule has 4 nitrogen and oxygen atoms in total. The Morgan fingerprint density at radius 2 is 2.38 bits per heavy atom. The molecule has 0 aliphatic carbocycles. The third kappa shape index (κ3) is 3.12. The van der Waals surface area contributed by atoms with Gasteiger partial charge in [0.15, 0.2) is 0 Å². The summed E-state index contributed by atoms with van der Waals surface area (Å²) in [7, 11) is 0. The Kier molecular flexibility index (Phi) is 3.39. The predicted molar refractivity (Wildman–Crippen MR) is 51.3 cm³/mol. The van der Waals surface area contributed by atoms with Gasteiger partial charge in [0.1, 0.15) is 6.04 Å². The Morgan fingerprint density at radius 1 is 1.69 bits per heavy atom. The molecule has 5 heteroatoms. The van der Waals surface area contributed by atoms with E-state index in [1.54, 1.807) is 18.5 Å². The van der Waals surface area contributed by atoms with E-state index in [0.29, 0.717) is 6.42 Å². The van der Waals surface area contributed by atoms with Gasteiger partial charge in [-0.15, -0.1) is 0 Å². The summed E-state index contributed by atoms with van der Waals surface area (Å²) in [5, 5.41) is 8.56. The molecule has 0 saturated heterocycles. The quantitative estimate of drug-likeness (QED) is 0.825. The first kappa shape index (κ1) is 10.1. The third-order valence-electron chi connectivity index (χ3n) is 1.53. The van der Waals surface area contributed by atoms with E-state index in [9.17, 15) is 4.79 Å². The van der Waals surface area contributed by atoms with Gasteiger partial charge in [-0.05, 0) is 34.0 Å². The number of hydrogen-bond donors (Lipinski definition) is 2. The molecular weight excluding hydrogens is 236 g/mol. The Bertz CT molecular complexity index is 317. The van der Waals surface area contributed by atoms with Gasteiger partial charge >= 0.3 is 5.97 Å². The highest BCUT2D eigenvalue weighted by Crippen LogP contribution is 2.10. The van der Waals surface area contributed by atoms with Gasteiger partial charge in [0.25, 0.3) is 0 Å². The summed E-state index contributed by atoms with van der Waals surface area (Å²) in [5.41, 5.74) is 6.17. The van der Waals surface area contributed by atoms with Crippen molar-refractivity contribution in [1.82, 2.24) is 4.98 Å². The minimum absolute atomic E-state index is 0.293. The van der Waals surface area contributed by atoms with Gasteiger partial charge in [-0.3, -0.25) is 9.78 Å². The molecule has 0 radical (unpaired) electrons. The number of pyridine rings is 1. The summed E-state index contributed by atoms with van der Waals surface area (Å²) in [6, 6.07) is 0.937. The molecule has 70 valence electrons. The number of nitrogens with two attached hydrogens (primary N) is 1. The summed E-state index contributed by atoms with van der Waals surface area (Å²) in [4.78, 5) is 14.3. The fraction of sp³-hybridized carbons (Fsp3) is 0.250. The van der Waals surface area contributed by atoms with Crippen LogP contribution in [-0.4, -0.2) is 22.1 Å². The molecule has 0 fully saturated rings. The van der Waals surface area contributed by atoms with Crippen molar-refractivity contribution in [2.75, 3.05) is 0 Å². The van der Waals surface area contributed by atoms with Crippen LogP contribution in [0.5, 0.6) is 0 Å². The molecule has 1 aromatic heterocycles. The lowest BCUT2D eigenvalue weighted by Gasteiger charge is -2.05. The van der Waals surface area contributed by atoms with Crippen LogP contribution in [-0.2, 0) is 11.2 Å². The average Bonchev–Trinajstić information content (AvgIpc) is 2.04. The van der Waals surface area contributed by atoms with Gasteiger partial charge in [0.05, 0.1) is 0 Å². The van der Waals surface area contributed by atoms with Crippen LogP contribution in [0.4, 0.5) is 0 Å². The number of carboxylic acid groups (broad SMARTS) is 1. The number of carbonyl (C=O) groups is 1. The topological polar surface area (TPSA) is 76.2 Å². The van der Waals surface area contributed by atoms with Crippen LogP contribution in [0.3, 0.4) is 0 Å². The molecule has 0 amide bonds. The van der Waals surface area contributed by atoms with Crippen molar-refractivity contribution in [3.05, 3.63) is 28.5 Å². The van der Waals surface area contributed by atoms with Crippen molar-refractivity contribution < 1.29 is 9.90 Å². The van der Waals surface area contributed by atoms with Crippen LogP contribution in [0.1, 0.15) is 5.56 Å². The van der Waals surface area contributed by atoms with E-state index in [-0.39, 0.29) is 0 Å². The SMILES string of the molecule is NC(Cc1cncc(Br)c1)C(=O)O. The van der Waals surface area contributed by atoms with E-state index < -0.39 is 12.0 Å². The van der Waals surface area contributed by atoms with E-state index >= 15 is 0 Å². The van der Waals surface area contributed by atoms with Crippen LogP contribution in [0, 0.1) is 0 Å². The molecule has 1 unspecified atom stereocenters. The predicted octanol–water partition coefficient (Wildman–Crippen LogP) is 0.798. The first-order chi connectivity index (χ1) is 6.09. The fourth-order valence-corrected chi connectivity index (χ4v) is 1.32. The van der Waals surface area contributed by atoms with Crippen LogP contribution < -0.4 is 5.73 Å². The van der Waals surface area contributed by atoms with Crippen LogP contribution in [0.2, 0.25) is 0 Å². The monoisotopic (exact) mass is 244 g/mol. The van der Waals surface area contributed by atoms with Crippen LogP contribution in [0.25, 0.3) is 0 Å². The van der Waals surface area contributed by atoms with Crippen molar-refractivity contribution in [3.8, 4) is 0 Å². The molecule has 1 aromatic rings. The van der Waals surface area contributed by atoms with Crippen molar-refractivity contribution >= 4 is 21.9 Å². The fourth-order valence-electron chi connectivity index (χ4n) is 0.909. The summed E-state index contributed by atoms with van der Waals surface area (Å²) in [5.74, 6) is -1.00. The van der Waals surface area contributed by atoms with Gasteiger partial charge in [-0.1, -0.05) is 0 Å². The van der Waals surface area contributed by atoms with Crippen molar-refractivity contribution in [3.63, 3.8) is 0 Å². The number of aromatic nitrogens is 1. The van der Waals surface area contributed by atoms with Gasteiger partial charge in [-0.25, -0.2) is 0 Å². The van der Waals surface area contributed by atoms with Crippen molar-refractivity contribution in [2.45, 2.75) is 12.5 Å². The zero-order valence-electron chi connectivity index (χ0n) is 6.77. The minimum atomic E-state index is -1.00. The molecule has 0 spiro atoms. The second kappa shape index (κ2) is 4.34. The second-order valence-corrected chi connectivity index (χ2v) is 3.58. The molecule has 1 rings (SSSR count). The molecule has 13 heavy (non-hydrogen) atoms. The molecule has 0 aliphatic rings. The van der Waals surface area contributed by atoms with Crippen molar-refractivity contribution in [2.24, 2.45) is 5.73 Å². The number of hydrogen-bond acceptors (Lipinski definition) is 3. The summed E-state index contributed by atoms with van der Waals surface area (Å²) in [6.45, 7) is 0. The minimum Gasteiger partial charge on any atom is -0.480 e. The Labute approximate surface area is 83.9 Å². The van der Waals surface area contributed by atoms with Crippen molar-refractivity contribution in [1.29, 1.82) is 0 Å². The van der Waals surface area contributed by atoms with E-state index in [1.165, 1.54) is 0 Å². The lowest BCUT2D eigenvalue weighted by Crippen LogP contribution is -2.32. The summed E-state index contributed by atoms with van der Waals surface area (Å²) < 4.78 is 0.822. The first-order valence-corrected chi connectivity index (χ1v) is 4.46. The Balaban J connectivity index is 2.69. The van der Waals surface area contributed by atoms with E-state index in [1.807, 2.05) is 0 Å². The normalized spacial score (nSPS) is 12.5. The molecule has 0 aliphatic heterocycles. The highest BCUT2D eigenvalue weighted by Gasteiger charge is 2.11. The van der Waals surface area contributed by atoms with Gasteiger partial charge in [-0.2, -0.15) is 0 Å². The third-order valence-corrected chi connectivity index (χ3v) is 1.97. The van der Waals surface area contributed by atoms with Gasteiger partial charge in [0.2, 0.25) is 0 Å². The molecule has 3 N–H and O–H groups in total. The first-order valence-electron chi connectivity index (χ1n) is 3.67. The molecule has 0 aromatic carbocycles. The smallest absolute Gasteiger partial charge is 0.320 e.